The van der Waals surface area contributed by atoms with Gasteiger partial charge in [-0.25, -0.2) is 8.42 Å². The van der Waals surface area contributed by atoms with Crippen molar-refractivity contribution in [3.05, 3.63) is 58.4 Å². The predicted octanol–water partition coefficient (Wildman–Crippen LogP) is 2.90. The van der Waals surface area contributed by atoms with Gasteiger partial charge in [0, 0.05) is 25.0 Å². The van der Waals surface area contributed by atoms with Crippen LogP contribution in [0.15, 0.2) is 47.6 Å². The lowest BCUT2D eigenvalue weighted by Crippen LogP contribution is -2.23. The maximum absolute atomic E-state index is 12.5. The average molecular weight is 361 g/mol. The third-order valence-corrected chi connectivity index (χ3v) is 4.47. The molecule has 0 unspecified atom stereocenters. The Bertz CT molecular complexity index is 855. The molecule has 0 amide bonds. The number of rotatable bonds is 5. The van der Waals surface area contributed by atoms with Crippen molar-refractivity contribution in [3.8, 4) is 0 Å². The quantitative estimate of drug-likeness (QED) is 0.649. The number of halogens is 3. The lowest BCUT2D eigenvalue weighted by atomic mass is 10.2. The molecule has 1 aromatic carbocycles. The van der Waals surface area contributed by atoms with E-state index in [4.69, 9.17) is 0 Å². The number of nitrogens with one attached hydrogen (secondary N) is 1. The van der Waals surface area contributed by atoms with E-state index in [1.807, 2.05) is 0 Å². The van der Waals surface area contributed by atoms with Crippen molar-refractivity contribution in [1.29, 1.82) is 0 Å². The molecule has 0 bridgehead atoms. The van der Waals surface area contributed by atoms with Crippen molar-refractivity contribution in [2.24, 2.45) is 0 Å². The zero-order valence-corrected chi connectivity index (χ0v) is 12.6. The molecule has 0 saturated heterocycles. The summed E-state index contributed by atoms with van der Waals surface area (Å²) < 4.78 is 60.3. The molecule has 0 radical (unpaired) electrons. The second kappa shape index (κ2) is 6.43. The minimum atomic E-state index is -5.66. The number of nitro groups is 1. The fraction of sp³-hybridized carbons (Fsp3) is 0.154. The molecule has 0 fully saturated rings. The van der Waals surface area contributed by atoms with Gasteiger partial charge in [0.2, 0.25) is 0 Å². The molecule has 24 heavy (non-hydrogen) atoms. The Balaban J connectivity index is 2.36. The summed E-state index contributed by atoms with van der Waals surface area (Å²) in [5, 5.41) is 13.7. The Kier molecular flexibility index (Phi) is 4.73. The van der Waals surface area contributed by atoms with E-state index in [-0.39, 0.29) is 12.2 Å². The van der Waals surface area contributed by atoms with E-state index in [0.717, 1.165) is 6.07 Å². The molecule has 2 aromatic rings. The van der Waals surface area contributed by atoms with Crippen molar-refractivity contribution >= 4 is 21.2 Å². The van der Waals surface area contributed by atoms with Crippen LogP contribution < -0.4 is 5.32 Å². The summed E-state index contributed by atoms with van der Waals surface area (Å²) in [7, 11) is -5.66. The van der Waals surface area contributed by atoms with Crippen molar-refractivity contribution in [2.45, 2.75) is 16.9 Å². The number of sulfone groups is 1. The fourth-order valence-corrected chi connectivity index (χ4v) is 2.59. The molecule has 1 N–H and O–H groups in total. The van der Waals surface area contributed by atoms with Crippen LogP contribution in [0.1, 0.15) is 5.56 Å². The van der Waals surface area contributed by atoms with Gasteiger partial charge in [0.05, 0.1) is 9.82 Å². The molecule has 11 heteroatoms. The van der Waals surface area contributed by atoms with Crippen LogP contribution in [0.4, 0.5) is 24.5 Å². The molecule has 128 valence electrons. The third-order valence-electron chi connectivity index (χ3n) is 2.99. The Labute approximate surface area is 134 Å². The monoisotopic (exact) mass is 361 g/mol. The van der Waals surface area contributed by atoms with Gasteiger partial charge in [0.1, 0.15) is 5.69 Å². The van der Waals surface area contributed by atoms with Gasteiger partial charge in [0.25, 0.3) is 15.5 Å². The molecule has 1 heterocycles. The van der Waals surface area contributed by atoms with Gasteiger partial charge in [-0.15, -0.1) is 0 Å². The van der Waals surface area contributed by atoms with Crippen LogP contribution in [-0.4, -0.2) is 23.8 Å². The Morgan fingerprint density at radius 1 is 1.25 bits per heavy atom. The number of hydrogen-bond acceptors (Lipinski definition) is 6. The smallest absolute Gasteiger partial charge is 0.375 e. The zero-order valence-electron chi connectivity index (χ0n) is 11.8. The first-order valence-electron chi connectivity index (χ1n) is 6.35. The van der Waals surface area contributed by atoms with Gasteiger partial charge in [-0.1, -0.05) is 6.07 Å². The van der Waals surface area contributed by atoms with Crippen molar-refractivity contribution in [2.75, 3.05) is 5.32 Å². The largest absolute Gasteiger partial charge is 0.501 e. The number of aromatic nitrogens is 1. The van der Waals surface area contributed by atoms with Crippen molar-refractivity contribution in [3.63, 3.8) is 0 Å². The number of hydrogen-bond donors (Lipinski definition) is 1. The molecule has 0 aliphatic heterocycles. The van der Waals surface area contributed by atoms with Gasteiger partial charge in [-0.05, 0) is 23.8 Å². The van der Waals surface area contributed by atoms with E-state index < -0.39 is 30.9 Å². The summed E-state index contributed by atoms with van der Waals surface area (Å²) in [5.74, 6) is 0. The summed E-state index contributed by atoms with van der Waals surface area (Å²) in [5.41, 5.74) is -5.74. The minimum absolute atomic E-state index is 0.107. The highest BCUT2D eigenvalue weighted by Gasteiger charge is 2.47. The topological polar surface area (TPSA) is 102 Å². The van der Waals surface area contributed by atoms with Crippen molar-refractivity contribution < 1.29 is 26.5 Å². The van der Waals surface area contributed by atoms with Gasteiger partial charge < -0.3 is 5.32 Å². The Morgan fingerprint density at radius 3 is 2.50 bits per heavy atom. The number of nitro benzene ring substituents is 1. The number of anilines is 1. The van der Waals surface area contributed by atoms with Crippen molar-refractivity contribution in [1.82, 2.24) is 4.98 Å². The first-order valence-corrected chi connectivity index (χ1v) is 7.84. The summed E-state index contributed by atoms with van der Waals surface area (Å²) in [4.78, 5) is 12.7. The third kappa shape index (κ3) is 3.62. The second-order valence-corrected chi connectivity index (χ2v) is 6.54. The maximum atomic E-state index is 12.5. The average Bonchev–Trinajstić information content (AvgIpc) is 2.52. The fourth-order valence-electron chi connectivity index (χ4n) is 1.81. The second-order valence-electron chi connectivity index (χ2n) is 4.60. The summed E-state index contributed by atoms with van der Waals surface area (Å²) >= 11 is 0. The number of pyridine rings is 1. The standard InChI is InChI=1S/C13H10F3N3O4S/c14-13(15,16)24(22,23)10-3-4-11(12(6-10)19(20)21)18-8-9-2-1-5-17-7-9/h1-7,18H,8H2. The number of alkyl halides is 3. The summed E-state index contributed by atoms with van der Waals surface area (Å²) in [6.07, 6.45) is 3.03. The van der Waals surface area contributed by atoms with Crippen LogP contribution in [0.25, 0.3) is 0 Å². The highest BCUT2D eigenvalue weighted by Crippen LogP contribution is 2.34. The molecular weight excluding hydrogens is 351 g/mol. The van der Waals surface area contributed by atoms with Crippen LogP contribution in [0.5, 0.6) is 0 Å². The maximum Gasteiger partial charge on any atom is 0.501 e. The number of nitrogens with zero attached hydrogens (tertiary/aromatic N) is 2. The molecular formula is C13H10F3N3O4S. The molecule has 7 nitrogen and oxygen atoms in total. The van der Waals surface area contributed by atoms with E-state index in [1.165, 1.54) is 12.4 Å². The van der Waals surface area contributed by atoms with Gasteiger partial charge in [0.15, 0.2) is 0 Å². The predicted molar refractivity (Wildman–Crippen MR) is 77.9 cm³/mol. The SMILES string of the molecule is O=[N+]([O-])c1cc(S(=O)(=O)C(F)(F)F)ccc1NCc1cccnc1. The lowest BCUT2D eigenvalue weighted by molar-refractivity contribution is -0.384. The molecule has 0 atom stereocenters. The van der Waals surface area contributed by atoms with Crippen LogP contribution in [0, 0.1) is 10.1 Å². The number of benzene rings is 1. The highest BCUT2D eigenvalue weighted by atomic mass is 32.2. The van der Waals surface area contributed by atoms with E-state index in [9.17, 15) is 31.7 Å². The molecule has 0 aliphatic rings. The van der Waals surface area contributed by atoms with Gasteiger partial charge >= 0.3 is 5.51 Å². The van der Waals surface area contributed by atoms with Crippen LogP contribution >= 0.6 is 0 Å². The molecule has 1 aromatic heterocycles. The van der Waals surface area contributed by atoms with E-state index in [2.05, 4.69) is 10.3 Å². The molecule has 0 spiro atoms. The van der Waals surface area contributed by atoms with Crippen LogP contribution in [-0.2, 0) is 16.4 Å². The first-order chi connectivity index (χ1) is 11.1. The minimum Gasteiger partial charge on any atom is -0.375 e. The Hall–Kier alpha value is -2.69. The first kappa shape index (κ1) is 17.7. The van der Waals surface area contributed by atoms with E-state index in [1.54, 1.807) is 12.1 Å². The lowest BCUT2D eigenvalue weighted by Gasteiger charge is -2.11. The normalized spacial score (nSPS) is 12.0. The summed E-state index contributed by atoms with van der Waals surface area (Å²) in [6.45, 7) is 0.125. The zero-order chi connectivity index (χ0) is 18.0. The Morgan fingerprint density at radius 2 is 1.96 bits per heavy atom. The van der Waals surface area contributed by atoms with E-state index >= 15 is 0 Å². The highest BCUT2D eigenvalue weighted by molar-refractivity contribution is 7.92. The van der Waals surface area contributed by atoms with Crippen LogP contribution in [0.2, 0.25) is 0 Å². The molecule has 0 saturated carbocycles. The molecule has 2 rings (SSSR count). The van der Waals surface area contributed by atoms with Gasteiger partial charge in [-0.2, -0.15) is 13.2 Å². The van der Waals surface area contributed by atoms with E-state index in [0.29, 0.717) is 17.7 Å². The van der Waals surface area contributed by atoms with Gasteiger partial charge in [-0.3, -0.25) is 15.1 Å². The molecule has 0 aliphatic carbocycles. The van der Waals surface area contributed by atoms with Crippen LogP contribution in [0.3, 0.4) is 0 Å². The summed E-state index contributed by atoms with van der Waals surface area (Å²) in [6, 6.07) is 5.31.